The van der Waals surface area contributed by atoms with Crippen LogP contribution >= 0.6 is 0 Å². The molecule has 36 heavy (non-hydrogen) atoms. The molecule has 3 aromatic rings. The Bertz CT molecular complexity index is 1330. The number of carbonyl (C=O) groups is 1. The number of aryl methyl sites for hydroxylation is 1. The second-order valence-corrected chi connectivity index (χ2v) is 9.63. The molecule has 2 aromatic heterocycles. The Balaban J connectivity index is 1.66. The van der Waals surface area contributed by atoms with Gasteiger partial charge in [0.15, 0.2) is 0 Å². The number of rotatable bonds is 6. The van der Waals surface area contributed by atoms with Gasteiger partial charge >= 0.3 is 0 Å². The molecule has 10 heteroatoms. The van der Waals surface area contributed by atoms with Gasteiger partial charge in [-0.05, 0) is 51.5 Å². The van der Waals surface area contributed by atoms with Gasteiger partial charge < -0.3 is 15.2 Å². The molecular weight excluding hydrogens is 471 g/mol. The third kappa shape index (κ3) is 5.08. The number of fused-ring (bicyclic) bond motifs is 1. The highest BCUT2D eigenvalue weighted by molar-refractivity contribution is 5.87. The first-order valence-corrected chi connectivity index (χ1v) is 12.0. The normalized spacial score (nSPS) is 18.9. The molecule has 0 spiro atoms. The Morgan fingerprint density at radius 2 is 1.81 bits per heavy atom. The number of aromatic nitrogens is 3. The fraction of sp³-hybridized carbons (Fsp3) is 0.462. The number of hydrogen-bond acceptors (Lipinski definition) is 5. The highest BCUT2D eigenvalue weighted by atomic mass is 19.3. The van der Waals surface area contributed by atoms with E-state index in [1.807, 2.05) is 0 Å². The van der Waals surface area contributed by atoms with Crippen LogP contribution in [0.4, 0.5) is 19.0 Å². The number of carbonyl (C=O) groups excluding carboxylic acids is 1. The lowest BCUT2D eigenvalue weighted by molar-refractivity contribution is -0.134. The maximum Gasteiger partial charge on any atom is 0.266 e. The van der Waals surface area contributed by atoms with E-state index < -0.39 is 23.8 Å². The van der Waals surface area contributed by atoms with Crippen molar-refractivity contribution < 1.29 is 18.0 Å². The summed E-state index contributed by atoms with van der Waals surface area (Å²) in [6.07, 6.45) is -0.112. The van der Waals surface area contributed by atoms with Crippen LogP contribution in [0, 0.1) is 18.7 Å². The molecule has 1 fully saturated rings. The summed E-state index contributed by atoms with van der Waals surface area (Å²) >= 11 is 0. The van der Waals surface area contributed by atoms with Crippen molar-refractivity contribution in [1.29, 1.82) is 0 Å². The lowest BCUT2D eigenvalue weighted by Crippen LogP contribution is -2.32. The first kappa shape index (κ1) is 25.7. The van der Waals surface area contributed by atoms with Crippen LogP contribution in [0.2, 0.25) is 0 Å². The first-order chi connectivity index (χ1) is 17.1. The minimum Gasteiger partial charge on any atom is -0.363 e. The largest absolute Gasteiger partial charge is 0.363 e. The number of anilines is 1. The SMILES string of the molecule is Cc1nc(NC(C)c2cccc(C(F)F)c2F)c2cc(C3CCC(C(=O)N(C)C)CC3)c(=O)[nH]c2n1. The average molecular weight is 502 g/mol. The molecule has 7 nitrogen and oxygen atoms in total. The molecule has 1 unspecified atom stereocenters. The third-order valence-electron chi connectivity index (χ3n) is 6.92. The van der Waals surface area contributed by atoms with Crippen molar-refractivity contribution in [3.8, 4) is 0 Å². The van der Waals surface area contributed by atoms with Crippen molar-refractivity contribution in [1.82, 2.24) is 19.9 Å². The van der Waals surface area contributed by atoms with E-state index in [1.54, 1.807) is 38.9 Å². The van der Waals surface area contributed by atoms with Gasteiger partial charge in [0.05, 0.1) is 17.0 Å². The fourth-order valence-corrected chi connectivity index (χ4v) is 5.00. The molecule has 0 bridgehead atoms. The van der Waals surface area contributed by atoms with Crippen LogP contribution in [0.25, 0.3) is 11.0 Å². The van der Waals surface area contributed by atoms with Crippen molar-refractivity contribution in [2.45, 2.75) is 57.9 Å². The molecule has 0 radical (unpaired) electrons. The Labute approximate surface area is 207 Å². The van der Waals surface area contributed by atoms with Gasteiger partial charge in [-0.25, -0.2) is 23.1 Å². The smallest absolute Gasteiger partial charge is 0.266 e. The summed E-state index contributed by atoms with van der Waals surface area (Å²) in [7, 11) is 3.49. The lowest BCUT2D eigenvalue weighted by Gasteiger charge is -2.29. The van der Waals surface area contributed by atoms with E-state index in [4.69, 9.17) is 0 Å². The van der Waals surface area contributed by atoms with Crippen LogP contribution < -0.4 is 10.9 Å². The van der Waals surface area contributed by atoms with Crippen molar-refractivity contribution in [3.63, 3.8) is 0 Å². The second-order valence-electron chi connectivity index (χ2n) is 9.63. The number of nitrogens with zero attached hydrogens (tertiary/aromatic N) is 3. The lowest BCUT2D eigenvalue weighted by atomic mass is 9.78. The van der Waals surface area contributed by atoms with Crippen LogP contribution in [0.5, 0.6) is 0 Å². The van der Waals surface area contributed by atoms with Crippen LogP contribution in [-0.4, -0.2) is 39.9 Å². The molecule has 0 aliphatic heterocycles. The van der Waals surface area contributed by atoms with E-state index in [1.165, 1.54) is 12.1 Å². The zero-order valence-corrected chi connectivity index (χ0v) is 20.7. The number of H-pyrrole nitrogens is 1. The van der Waals surface area contributed by atoms with Crippen molar-refractivity contribution in [2.75, 3.05) is 19.4 Å². The summed E-state index contributed by atoms with van der Waals surface area (Å²) in [6, 6.07) is 5.00. The van der Waals surface area contributed by atoms with Gasteiger partial charge in [0.25, 0.3) is 12.0 Å². The standard InChI is InChI=1S/C26H30F3N5O2/c1-13(17-6-5-7-18(21(17)27)22(28)29)30-23-20-12-19(25(35)33-24(20)32-14(2)31-23)15-8-10-16(11-9-15)26(36)34(3)4/h5-7,12-13,15-16,22H,8-11H2,1-4H3,(H2,30,31,32,33,35). The fourth-order valence-electron chi connectivity index (χ4n) is 5.00. The quantitative estimate of drug-likeness (QED) is 0.482. The minimum atomic E-state index is -2.92. The molecular formula is C26H30F3N5O2. The maximum absolute atomic E-state index is 14.7. The Kier molecular flexibility index (Phi) is 7.33. The summed E-state index contributed by atoms with van der Waals surface area (Å²) in [5, 5.41) is 3.68. The van der Waals surface area contributed by atoms with Gasteiger partial charge in [-0.1, -0.05) is 18.2 Å². The Morgan fingerprint density at radius 3 is 2.44 bits per heavy atom. The van der Waals surface area contributed by atoms with Gasteiger partial charge in [0.2, 0.25) is 5.91 Å². The van der Waals surface area contributed by atoms with E-state index >= 15 is 0 Å². The molecule has 0 saturated heterocycles. The van der Waals surface area contributed by atoms with E-state index in [0.29, 0.717) is 53.9 Å². The topological polar surface area (TPSA) is 91.0 Å². The number of halogens is 3. The van der Waals surface area contributed by atoms with Crippen molar-refractivity contribution in [2.24, 2.45) is 5.92 Å². The van der Waals surface area contributed by atoms with E-state index in [9.17, 15) is 22.8 Å². The summed E-state index contributed by atoms with van der Waals surface area (Å²) in [5.41, 5.74) is 0.125. The van der Waals surface area contributed by atoms with E-state index in [0.717, 1.165) is 6.07 Å². The zero-order valence-electron chi connectivity index (χ0n) is 20.7. The van der Waals surface area contributed by atoms with Gasteiger partial charge in [-0.2, -0.15) is 0 Å². The number of nitrogens with one attached hydrogen (secondary N) is 2. The van der Waals surface area contributed by atoms with Gasteiger partial charge in [-0.15, -0.1) is 0 Å². The number of hydrogen-bond donors (Lipinski definition) is 2. The first-order valence-electron chi connectivity index (χ1n) is 12.0. The van der Waals surface area contributed by atoms with E-state index in [-0.39, 0.29) is 28.9 Å². The van der Waals surface area contributed by atoms with Gasteiger partial charge in [0.1, 0.15) is 23.1 Å². The molecule has 1 aliphatic rings. The molecule has 1 atom stereocenters. The molecule has 2 heterocycles. The summed E-state index contributed by atoms with van der Waals surface area (Å²) in [4.78, 5) is 38.5. The van der Waals surface area contributed by atoms with Crippen LogP contribution in [0.1, 0.15) is 73.5 Å². The number of aromatic amines is 1. The highest BCUT2D eigenvalue weighted by Crippen LogP contribution is 2.36. The van der Waals surface area contributed by atoms with Gasteiger partial charge in [-0.3, -0.25) is 9.59 Å². The molecule has 4 rings (SSSR count). The molecule has 1 aliphatic carbocycles. The molecule has 1 amide bonds. The predicted octanol–water partition coefficient (Wildman–Crippen LogP) is 5.24. The number of benzene rings is 1. The molecule has 2 N–H and O–H groups in total. The predicted molar refractivity (Wildman–Crippen MR) is 132 cm³/mol. The van der Waals surface area contributed by atoms with Crippen LogP contribution in [-0.2, 0) is 4.79 Å². The number of pyridine rings is 1. The molecule has 1 aromatic carbocycles. The number of amides is 1. The summed E-state index contributed by atoms with van der Waals surface area (Å²) < 4.78 is 41.1. The second kappa shape index (κ2) is 10.3. The summed E-state index contributed by atoms with van der Waals surface area (Å²) in [6.45, 7) is 3.33. The highest BCUT2D eigenvalue weighted by Gasteiger charge is 2.29. The minimum absolute atomic E-state index is 0.0175. The molecule has 192 valence electrons. The third-order valence-corrected chi connectivity index (χ3v) is 6.92. The maximum atomic E-state index is 14.7. The Morgan fingerprint density at radius 1 is 1.14 bits per heavy atom. The summed E-state index contributed by atoms with van der Waals surface area (Å²) in [5.74, 6) is -0.144. The molecule has 1 saturated carbocycles. The Hall–Kier alpha value is -3.43. The van der Waals surface area contributed by atoms with Crippen LogP contribution in [0.15, 0.2) is 29.1 Å². The average Bonchev–Trinajstić information content (AvgIpc) is 2.83. The van der Waals surface area contributed by atoms with Crippen LogP contribution in [0.3, 0.4) is 0 Å². The monoisotopic (exact) mass is 501 g/mol. The number of alkyl halides is 2. The van der Waals surface area contributed by atoms with Gasteiger partial charge in [0, 0.05) is 31.1 Å². The van der Waals surface area contributed by atoms with Crippen molar-refractivity contribution >= 4 is 22.8 Å². The van der Waals surface area contributed by atoms with E-state index in [2.05, 4.69) is 20.3 Å². The van der Waals surface area contributed by atoms with Crippen molar-refractivity contribution in [3.05, 3.63) is 63.0 Å². The zero-order chi connectivity index (χ0) is 26.1.